The summed E-state index contributed by atoms with van der Waals surface area (Å²) < 4.78 is 0. The van der Waals surface area contributed by atoms with Gasteiger partial charge in [-0.05, 0) is 0 Å². The fourth-order valence-corrected chi connectivity index (χ4v) is 0.968. The van der Waals surface area contributed by atoms with Gasteiger partial charge in [-0.25, -0.2) is 4.98 Å². The Labute approximate surface area is 76.4 Å². The van der Waals surface area contributed by atoms with E-state index in [4.69, 9.17) is 17.3 Å². The summed E-state index contributed by atoms with van der Waals surface area (Å²) in [7, 11) is 1.90. The molecule has 0 amide bonds. The van der Waals surface area contributed by atoms with Gasteiger partial charge in [-0.2, -0.15) is 0 Å². The molecule has 1 aromatic rings. The smallest absolute Gasteiger partial charge is 0.149 e. The van der Waals surface area contributed by atoms with E-state index < -0.39 is 0 Å². The maximum absolute atomic E-state index is 5.66. The van der Waals surface area contributed by atoms with Crippen LogP contribution in [0.1, 0.15) is 0 Å². The lowest BCUT2D eigenvalue weighted by Gasteiger charge is -2.15. The number of nitrogens with zero attached hydrogens (tertiary/aromatic N) is 3. The van der Waals surface area contributed by atoms with Crippen molar-refractivity contribution in [3.8, 4) is 0 Å². The van der Waals surface area contributed by atoms with Crippen LogP contribution in [0.2, 0.25) is 5.15 Å². The first kappa shape index (κ1) is 9.22. The molecule has 5 heteroatoms. The Morgan fingerprint density at radius 1 is 1.58 bits per heavy atom. The molecule has 0 saturated carbocycles. The van der Waals surface area contributed by atoms with Gasteiger partial charge in [0.2, 0.25) is 0 Å². The molecule has 1 heterocycles. The summed E-state index contributed by atoms with van der Waals surface area (Å²) in [5.74, 6) is 0.743. The third-order valence-corrected chi connectivity index (χ3v) is 1.63. The minimum Gasteiger partial charge on any atom is -0.357 e. The summed E-state index contributed by atoms with van der Waals surface area (Å²) >= 11 is 5.66. The highest BCUT2D eigenvalue weighted by Gasteiger charge is 2.01. The Morgan fingerprint density at radius 3 is 2.92 bits per heavy atom. The highest BCUT2D eigenvalue weighted by molar-refractivity contribution is 6.29. The minimum absolute atomic E-state index is 0.399. The molecule has 2 N–H and O–H groups in total. The van der Waals surface area contributed by atoms with Crippen LogP contribution in [0, 0.1) is 0 Å². The first-order chi connectivity index (χ1) is 5.74. The van der Waals surface area contributed by atoms with E-state index in [2.05, 4.69) is 9.97 Å². The van der Waals surface area contributed by atoms with Gasteiger partial charge in [0.05, 0.1) is 12.4 Å². The lowest BCUT2D eigenvalue weighted by Crippen LogP contribution is -2.25. The molecule has 4 nitrogen and oxygen atoms in total. The zero-order chi connectivity index (χ0) is 8.97. The van der Waals surface area contributed by atoms with E-state index in [1.165, 1.54) is 6.20 Å². The molecule has 0 atom stereocenters. The molecule has 1 rings (SSSR count). The molecule has 0 unspecified atom stereocenters. The molecule has 0 aromatic carbocycles. The van der Waals surface area contributed by atoms with E-state index >= 15 is 0 Å². The summed E-state index contributed by atoms with van der Waals surface area (Å²) in [6.07, 6.45) is 3.16. The Hall–Kier alpha value is -0.870. The number of aromatic nitrogens is 2. The molecule has 0 saturated heterocycles. The third-order valence-electron chi connectivity index (χ3n) is 1.45. The average Bonchev–Trinajstić information content (AvgIpc) is 2.05. The quantitative estimate of drug-likeness (QED) is 0.748. The number of anilines is 1. The Balaban J connectivity index is 2.73. The molecule has 66 valence electrons. The van der Waals surface area contributed by atoms with Gasteiger partial charge in [0.15, 0.2) is 0 Å². The SMILES string of the molecule is CN(CCN)c1cncc(Cl)n1. The van der Waals surface area contributed by atoms with Gasteiger partial charge in [0.1, 0.15) is 11.0 Å². The van der Waals surface area contributed by atoms with Gasteiger partial charge in [-0.3, -0.25) is 4.98 Å². The van der Waals surface area contributed by atoms with E-state index in [1.807, 2.05) is 11.9 Å². The molecular weight excluding hydrogens is 176 g/mol. The molecule has 12 heavy (non-hydrogen) atoms. The zero-order valence-corrected chi connectivity index (χ0v) is 7.62. The van der Waals surface area contributed by atoms with E-state index in [-0.39, 0.29) is 0 Å². The minimum atomic E-state index is 0.399. The van der Waals surface area contributed by atoms with Gasteiger partial charge >= 0.3 is 0 Å². The summed E-state index contributed by atoms with van der Waals surface area (Å²) in [5, 5.41) is 0.399. The van der Waals surface area contributed by atoms with Crippen molar-refractivity contribution in [2.24, 2.45) is 5.73 Å². The molecular formula is C7H11ClN4. The van der Waals surface area contributed by atoms with Crippen LogP contribution in [0.25, 0.3) is 0 Å². The lowest BCUT2D eigenvalue weighted by molar-refractivity contribution is 0.863. The maximum Gasteiger partial charge on any atom is 0.149 e. The van der Waals surface area contributed by atoms with Crippen LogP contribution in [-0.2, 0) is 0 Å². The van der Waals surface area contributed by atoms with Crippen molar-refractivity contribution >= 4 is 17.4 Å². The number of nitrogens with two attached hydrogens (primary N) is 1. The van der Waals surface area contributed by atoms with Gasteiger partial charge in [-0.1, -0.05) is 11.6 Å². The first-order valence-electron chi connectivity index (χ1n) is 3.63. The van der Waals surface area contributed by atoms with Gasteiger partial charge < -0.3 is 10.6 Å². The van der Waals surface area contributed by atoms with E-state index in [0.717, 1.165) is 12.4 Å². The summed E-state index contributed by atoms with van der Waals surface area (Å²) in [4.78, 5) is 9.88. The van der Waals surface area contributed by atoms with E-state index in [1.54, 1.807) is 6.20 Å². The molecule has 0 fully saturated rings. The molecule has 0 aliphatic carbocycles. The van der Waals surface area contributed by atoms with E-state index in [9.17, 15) is 0 Å². The molecule has 0 bridgehead atoms. The molecule has 0 radical (unpaired) electrons. The van der Waals surface area contributed by atoms with Crippen LogP contribution in [0.3, 0.4) is 0 Å². The van der Waals surface area contributed by atoms with E-state index in [0.29, 0.717) is 11.7 Å². The predicted octanol–water partition coefficient (Wildman–Crippen LogP) is 0.525. The van der Waals surface area contributed by atoms with Crippen LogP contribution in [0.4, 0.5) is 5.82 Å². The Morgan fingerprint density at radius 2 is 2.33 bits per heavy atom. The number of rotatable bonds is 3. The lowest BCUT2D eigenvalue weighted by atomic mass is 10.5. The second-order valence-corrected chi connectivity index (χ2v) is 2.80. The molecule has 0 aliphatic rings. The number of likely N-dealkylation sites (N-methyl/N-ethyl adjacent to an activating group) is 1. The van der Waals surface area contributed by atoms with Crippen LogP contribution in [0.5, 0.6) is 0 Å². The summed E-state index contributed by atoms with van der Waals surface area (Å²) in [6.45, 7) is 1.33. The van der Waals surface area contributed by atoms with Crippen molar-refractivity contribution in [3.05, 3.63) is 17.5 Å². The zero-order valence-electron chi connectivity index (χ0n) is 6.87. The number of hydrogen-bond donors (Lipinski definition) is 1. The average molecular weight is 187 g/mol. The van der Waals surface area contributed by atoms with Gasteiger partial charge in [0, 0.05) is 20.1 Å². The largest absolute Gasteiger partial charge is 0.357 e. The fraction of sp³-hybridized carbons (Fsp3) is 0.429. The van der Waals surface area contributed by atoms with Crippen LogP contribution in [-0.4, -0.2) is 30.1 Å². The molecule has 0 aliphatic heterocycles. The number of halogens is 1. The van der Waals surface area contributed by atoms with Crippen molar-refractivity contribution in [1.82, 2.24) is 9.97 Å². The van der Waals surface area contributed by atoms with Gasteiger partial charge in [0.25, 0.3) is 0 Å². The molecule has 0 spiro atoms. The Bertz CT molecular complexity index is 253. The normalized spacial score (nSPS) is 9.92. The second kappa shape index (κ2) is 4.23. The van der Waals surface area contributed by atoms with Crippen molar-refractivity contribution in [2.45, 2.75) is 0 Å². The maximum atomic E-state index is 5.66. The van der Waals surface area contributed by atoms with Gasteiger partial charge in [-0.15, -0.1) is 0 Å². The third kappa shape index (κ3) is 2.32. The summed E-state index contributed by atoms with van der Waals surface area (Å²) in [6, 6.07) is 0. The Kier molecular flexibility index (Phi) is 3.25. The van der Waals surface area contributed by atoms with Crippen molar-refractivity contribution in [3.63, 3.8) is 0 Å². The standard InChI is InChI=1S/C7H11ClN4/c1-12(3-2-9)7-5-10-4-6(8)11-7/h4-5H,2-3,9H2,1H3. The predicted molar refractivity (Wildman–Crippen MR) is 49.4 cm³/mol. The monoisotopic (exact) mass is 186 g/mol. The van der Waals surface area contributed by atoms with Crippen LogP contribution >= 0.6 is 11.6 Å². The fourth-order valence-electron chi connectivity index (χ4n) is 0.825. The number of hydrogen-bond acceptors (Lipinski definition) is 4. The second-order valence-electron chi connectivity index (χ2n) is 2.41. The topological polar surface area (TPSA) is 55.0 Å². The molecule has 1 aromatic heterocycles. The van der Waals surface area contributed by atoms with Crippen LogP contribution < -0.4 is 10.6 Å². The van der Waals surface area contributed by atoms with Crippen molar-refractivity contribution < 1.29 is 0 Å². The first-order valence-corrected chi connectivity index (χ1v) is 4.00. The van der Waals surface area contributed by atoms with Crippen molar-refractivity contribution in [1.29, 1.82) is 0 Å². The highest BCUT2D eigenvalue weighted by Crippen LogP contribution is 2.09. The van der Waals surface area contributed by atoms with Crippen LogP contribution in [0.15, 0.2) is 12.4 Å². The summed E-state index contributed by atoms with van der Waals surface area (Å²) in [5.41, 5.74) is 5.38. The highest BCUT2D eigenvalue weighted by atomic mass is 35.5. The van der Waals surface area contributed by atoms with Crippen molar-refractivity contribution in [2.75, 3.05) is 25.0 Å².